The zero-order valence-corrected chi connectivity index (χ0v) is 15.2. The molecule has 2 aromatic carbocycles. The van der Waals surface area contributed by atoms with Gasteiger partial charge in [-0.05, 0) is 54.8 Å². The van der Waals surface area contributed by atoms with Crippen LogP contribution >= 0.6 is 0 Å². The molecule has 0 aromatic heterocycles. The van der Waals surface area contributed by atoms with Crippen LogP contribution < -0.4 is 16.5 Å². The number of hydrogen-bond donors (Lipinski definition) is 3. The average Bonchev–Trinajstić information content (AvgIpc) is 2.59. The zero-order chi connectivity index (χ0) is 19.1. The van der Waals surface area contributed by atoms with Crippen LogP contribution in [0.15, 0.2) is 53.6 Å². The molecule has 0 aliphatic heterocycles. The second-order valence-corrected chi connectivity index (χ2v) is 6.49. The number of nitrogen functional groups attached to an aromatic ring is 1. The minimum Gasteiger partial charge on any atom is -0.399 e. The third-order valence-electron chi connectivity index (χ3n) is 3.65. The van der Waals surface area contributed by atoms with E-state index in [0.717, 1.165) is 5.56 Å². The molecule has 0 saturated heterocycles. The molecule has 0 aliphatic carbocycles. The molecular formula is C20H24N4O2. The van der Waals surface area contributed by atoms with E-state index < -0.39 is 0 Å². The highest BCUT2D eigenvalue weighted by Crippen LogP contribution is 2.12. The maximum Gasteiger partial charge on any atom is 0.271 e. The van der Waals surface area contributed by atoms with E-state index in [1.165, 1.54) is 0 Å². The molecule has 0 heterocycles. The summed E-state index contributed by atoms with van der Waals surface area (Å²) in [5.41, 5.74) is 11.5. The lowest BCUT2D eigenvalue weighted by molar-refractivity contribution is -0.116. The Labute approximate surface area is 153 Å². The minimum absolute atomic E-state index is 0.0421. The van der Waals surface area contributed by atoms with Crippen molar-refractivity contribution >= 4 is 28.9 Å². The molecule has 136 valence electrons. The van der Waals surface area contributed by atoms with Crippen molar-refractivity contribution < 1.29 is 9.59 Å². The van der Waals surface area contributed by atoms with Crippen molar-refractivity contribution in [3.05, 3.63) is 59.7 Å². The van der Waals surface area contributed by atoms with Gasteiger partial charge in [-0.2, -0.15) is 5.10 Å². The van der Waals surface area contributed by atoms with E-state index in [4.69, 9.17) is 5.73 Å². The van der Waals surface area contributed by atoms with Crippen molar-refractivity contribution in [1.29, 1.82) is 0 Å². The van der Waals surface area contributed by atoms with Gasteiger partial charge in [-0.15, -0.1) is 0 Å². The summed E-state index contributed by atoms with van der Waals surface area (Å²) in [7, 11) is 0. The summed E-state index contributed by atoms with van der Waals surface area (Å²) >= 11 is 0. The Bertz CT molecular complexity index is 811. The summed E-state index contributed by atoms with van der Waals surface area (Å²) in [5.74, 6) is -0.0750. The first-order valence-electron chi connectivity index (χ1n) is 8.45. The number of hydrazone groups is 1. The van der Waals surface area contributed by atoms with Crippen molar-refractivity contribution in [3.8, 4) is 0 Å². The quantitative estimate of drug-likeness (QED) is 0.422. The first-order chi connectivity index (χ1) is 12.3. The minimum atomic E-state index is -0.326. The largest absolute Gasteiger partial charge is 0.399 e. The van der Waals surface area contributed by atoms with Crippen LogP contribution in [0.1, 0.15) is 43.1 Å². The van der Waals surface area contributed by atoms with E-state index in [0.29, 0.717) is 35.0 Å². The lowest BCUT2D eigenvalue weighted by Gasteiger charge is -2.08. The maximum atomic E-state index is 12.2. The summed E-state index contributed by atoms with van der Waals surface area (Å²) < 4.78 is 0. The Hall–Kier alpha value is -3.15. The van der Waals surface area contributed by atoms with Gasteiger partial charge in [0.2, 0.25) is 5.91 Å². The van der Waals surface area contributed by atoms with Gasteiger partial charge in [0.15, 0.2) is 0 Å². The molecule has 26 heavy (non-hydrogen) atoms. The van der Waals surface area contributed by atoms with Crippen LogP contribution in [0.4, 0.5) is 11.4 Å². The fourth-order valence-corrected chi connectivity index (χ4v) is 2.32. The molecule has 0 aliphatic rings. The van der Waals surface area contributed by atoms with Gasteiger partial charge in [0.05, 0.1) is 5.71 Å². The Kier molecular flexibility index (Phi) is 6.49. The van der Waals surface area contributed by atoms with Crippen molar-refractivity contribution in [2.24, 2.45) is 11.0 Å². The third kappa shape index (κ3) is 5.73. The SMILES string of the molecule is CC(=NNC(=O)c1ccc(NC(=O)CC(C)C)cc1)c1cccc(N)c1. The van der Waals surface area contributed by atoms with Crippen LogP contribution in [-0.2, 0) is 4.79 Å². The number of nitrogens with one attached hydrogen (secondary N) is 2. The Morgan fingerprint density at radius 3 is 2.38 bits per heavy atom. The highest BCUT2D eigenvalue weighted by Gasteiger charge is 2.08. The predicted octanol–water partition coefficient (Wildman–Crippen LogP) is 3.41. The maximum absolute atomic E-state index is 12.2. The number of anilines is 2. The zero-order valence-electron chi connectivity index (χ0n) is 15.2. The summed E-state index contributed by atoms with van der Waals surface area (Å²) in [4.78, 5) is 24.0. The van der Waals surface area contributed by atoms with Gasteiger partial charge < -0.3 is 11.1 Å². The second kappa shape index (κ2) is 8.80. The van der Waals surface area contributed by atoms with Gasteiger partial charge in [-0.3, -0.25) is 9.59 Å². The average molecular weight is 352 g/mol. The molecule has 0 radical (unpaired) electrons. The second-order valence-electron chi connectivity index (χ2n) is 6.49. The Morgan fingerprint density at radius 1 is 1.08 bits per heavy atom. The van der Waals surface area contributed by atoms with Gasteiger partial charge >= 0.3 is 0 Å². The molecule has 0 saturated carbocycles. The number of rotatable bonds is 6. The molecule has 6 nitrogen and oxygen atoms in total. The number of nitrogens with zero attached hydrogens (tertiary/aromatic N) is 1. The normalized spacial score (nSPS) is 11.3. The predicted molar refractivity (Wildman–Crippen MR) is 105 cm³/mol. The molecule has 0 bridgehead atoms. The number of carbonyl (C=O) groups excluding carboxylic acids is 2. The van der Waals surface area contributed by atoms with Gasteiger partial charge in [0.25, 0.3) is 5.91 Å². The van der Waals surface area contributed by atoms with E-state index >= 15 is 0 Å². The molecule has 0 atom stereocenters. The summed E-state index contributed by atoms with van der Waals surface area (Å²) in [6.45, 7) is 5.76. The number of benzene rings is 2. The first kappa shape index (κ1) is 19.2. The van der Waals surface area contributed by atoms with Gasteiger partial charge in [-0.1, -0.05) is 26.0 Å². The van der Waals surface area contributed by atoms with E-state index in [1.54, 1.807) is 43.3 Å². The van der Waals surface area contributed by atoms with Crippen molar-refractivity contribution in [1.82, 2.24) is 5.43 Å². The molecule has 0 fully saturated rings. The summed E-state index contributed by atoms with van der Waals surface area (Å²) in [6, 6.07) is 14.0. The van der Waals surface area contributed by atoms with E-state index in [-0.39, 0.29) is 11.8 Å². The van der Waals surface area contributed by atoms with Crippen LogP contribution in [0.3, 0.4) is 0 Å². The molecule has 0 spiro atoms. The molecule has 2 aromatic rings. The number of nitrogens with two attached hydrogens (primary N) is 1. The van der Waals surface area contributed by atoms with E-state index in [1.807, 2.05) is 26.0 Å². The highest BCUT2D eigenvalue weighted by atomic mass is 16.2. The molecule has 2 rings (SSSR count). The van der Waals surface area contributed by atoms with Gasteiger partial charge in [0.1, 0.15) is 0 Å². The van der Waals surface area contributed by atoms with Crippen molar-refractivity contribution in [2.45, 2.75) is 27.2 Å². The van der Waals surface area contributed by atoms with Crippen molar-refractivity contribution in [3.63, 3.8) is 0 Å². The number of hydrogen-bond acceptors (Lipinski definition) is 4. The fraction of sp³-hybridized carbons (Fsp3) is 0.250. The summed E-state index contributed by atoms with van der Waals surface area (Å²) in [6.07, 6.45) is 0.459. The Morgan fingerprint density at radius 2 is 1.77 bits per heavy atom. The lowest BCUT2D eigenvalue weighted by Crippen LogP contribution is -2.19. The van der Waals surface area contributed by atoms with Crippen molar-refractivity contribution in [2.75, 3.05) is 11.1 Å². The Balaban J connectivity index is 1.97. The summed E-state index contributed by atoms with van der Waals surface area (Å²) in [5, 5.41) is 6.91. The molecular weight excluding hydrogens is 328 g/mol. The standard InChI is InChI=1S/C20H24N4O2/c1-13(2)11-19(25)22-18-9-7-15(8-10-18)20(26)24-23-14(3)16-5-4-6-17(21)12-16/h4-10,12-13H,11,21H2,1-3H3,(H,22,25)(H,24,26). The fourth-order valence-electron chi connectivity index (χ4n) is 2.32. The molecule has 2 amide bonds. The van der Waals surface area contributed by atoms with Crippen LogP contribution in [0.25, 0.3) is 0 Å². The molecule has 6 heteroatoms. The smallest absolute Gasteiger partial charge is 0.271 e. The monoisotopic (exact) mass is 352 g/mol. The van der Waals surface area contributed by atoms with E-state index in [9.17, 15) is 9.59 Å². The molecule has 4 N–H and O–H groups in total. The van der Waals surface area contributed by atoms with Gasteiger partial charge in [0, 0.05) is 23.4 Å². The number of carbonyl (C=O) groups is 2. The molecule has 0 unspecified atom stereocenters. The van der Waals surface area contributed by atoms with Crippen LogP contribution in [-0.4, -0.2) is 17.5 Å². The highest BCUT2D eigenvalue weighted by molar-refractivity contribution is 6.01. The topological polar surface area (TPSA) is 96.6 Å². The number of amides is 2. The third-order valence-corrected chi connectivity index (χ3v) is 3.65. The van der Waals surface area contributed by atoms with Crippen LogP contribution in [0.5, 0.6) is 0 Å². The van der Waals surface area contributed by atoms with Gasteiger partial charge in [-0.25, -0.2) is 5.43 Å². The first-order valence-corrected chi connectivity index (χ1v) is 8.45. The van der Waals surface area contributed by atoms with Crippen LogP contribution in [0, 0.1) is 5.92 Å². The lowest BCUT2D eigenvalue weighted by atomic mass is 10.1. The van der Waals surface area contributed by atoms with E-state index in [2.05, 4.69) is 15.8 Å². The van der Waals surface area contributed by atoms with Crippen LogP contribution in [0.2, 0.25) is 0 Å².